The molecule has 0 atom stereocenters. The molecule has 22 heavy (non-hydrogen) atoms. The van der Waals surface area contributed by atoms with Gasteiger partial charge in [-0.15, -0.1) is 0 Å². The molecular formula is C20H21NO. The van der Waals surface area contributed by atoms with Gasteiger partial charge in [-0.2, -0.15) is 5.26 Å². The van der Waals surface area contributed by atoms with Crippen molar-refractivity contribution in [3.05, 3.63) is 65.2 Å². The minimum atomic E-state index is 0.536. The van der Waals surface area contributed by atoms with E-state index in [1.807, 2.05) is 24.3 Å². The third-order valence-electron chi connectivity index (χ3n) is 4.45. The van der Waals surface area contributed by atoms with E-state index < -0.39 is 0 Å². The molecule has 0 amide bonds. The molecule has 0 N–H and O–H groups in total. The molecule has 1 aliphatic carbocycles. The SMILES string of the molecule is N#Cc1ccc(COc2ccc(C3CCCCC3)cc2)cc1. The summed E-state index contributed by atoms with van der Waals surface area (Å²) in [6.07, 6.45) is 6.77. The van der Waals surface area contributed by atoms with Crippen molar-refractivity contribution in [2.24, 2.45) is 0 Å². The summed E-state index contributed by atoms with van der Waals surface area (Å²) < 4.78 is 5.82. The van der Waals surface area contributed by atoms with Gasteiger partial charge in [0.2, 0.25) is 0 Å². The minimum absolute atomic E-state index is 0.536. The topological polar surface area (TPSA) is 33.0 Å². The predicted octanol–water partition coefficient (Wildman–Crippen LogP) is 5.18. The highest BCUT2D eigenvalue weighted by Crippen LogP contribution is 2.33. The summed E-state index contributed by atoms with van der Waals surface area (Å²) >= 11 is 0. The van der Waals surface area contributed by atoms with Gasteiger partial charge in [0, 0.05) is 0 Å². The van der Waals surface area contributed by atoms with Crippen LogP contribution in [0.4, 0.5) is 0 Å². The van der Waals surface area contributed by atoms with E-state index in [9.17, 15) is 0 Å². The van der Waals surface area contributed by atoms with Gasteiger partial charge in [-0.3, -0.25) is 0 Å². The first-order valence-electron chi connectivity index (χ1n) is 8.07. The van der Waals surface area contributed by atoms with E-state index in [2.05, 4.69) is 30.3 Å². The summed E-state index contributed by atoms with van der Waals surface area (Å²) in [5.41, 5.74) is 3.21. The highest BCUT2D eigenvalue weighted by atomic mass is 16.5. The number of nitriles is 1. The molecule has 0 bridgehead atoms. The van der Waals surface area contributed by atoms with Gasteiger partial charge in [0.1, 0.15) is 12.4 Å². The Morgan fingerprint density at radius 2 is 1.59 bits per heavy atom. The second kappa shape index (κ2) is 7.13. The first-order valence-corrected chi connectivity index (χ1v) is 8.07. The first kappa shape index (κ1) is 14.7. The van der Waals surface area contributed by atoms with Gasteiger partial charge in [-0.25, -0.2) is 0 Å². The Bertz CT molecular complexity index is 631. The average molecular weight is 291 g/mol. The van der Waals surface area contributed by atoms with E-state index in [1.165, 1.54) is 37.7 Å². The van der Waals surface area contributed by atoms with E-state index in [0.29, 0.717) is 12.2 Å². The maximum Gasteiger partial charge on any atom is 0.119 e. The fourth-order valence-corrected chi connectivity index (χ4v) is 3.11. The van der Waals surface area contributed by atoms with Crippen LogP contribution in [0.2, 0.25) is 0 Å². The number of rotatable bonds is 4. The zero-order valence-electron chi connectivity index (χ0n) is 12.8. The number of nitrogens with zero attached hydrogens (tertiary/aromatic N) is 1. The van der Waals surface area contributed by atoms with Crippen molar-refractivity contribution < 1.29 is 4.74 Å². The molecule has 2 nitrogen and oxygen atoms in total. The van der Waals surface area contributed by atoms with Crippen LogP contribution in [0.3, 0.4) is 0 Å². The number of hydrogen-bond acceptors (Lipinski definition) is 2. The first-order chi connectivity index (χ1) is 10.8. The highest BCUT2D eigenvalue weighted by Gasteiger charge is 2.15. The standard InChI is InChI=1S/C20H21NO/c21-14-16-6-8-17(9-7-16)15-22-20-12-10-19(11-13-20)18-4-2-1-3-5-18/h6-13,18H,1-5,15H2. The van der Waals surface area contributed by atoms with E-state index in [4.69, 9.17) is 10.00 Å². The van der Waals surface area contributed by atoms with Crippen molar-refractivity contribution in [1.82, 2.24) is 0 Å². The Morgan fingerprint density at radius 3 is 2.23 bits per heavy atom. The molecule has 1 saturated carbocycles. The van der Waals surface area contributed by atoms with Crippen LogP contribution in [0, 0.1) is 11.3 Å². The van der Waals surface area contributed by atoms with Gasteiger partial charge < -0.3 is 4.74 Å². The summed E-state index contributed by atoms with van der Waals surface area (Å²) in [5.74, 6) is 1.64. The molecule has 0 aliphatic heterocycles. The predicted molar refractivity (Wildman–Crippen MR) is 87.8 cm³/mol. The zero-order valence-corrected chi connectivity index (χ0v) is 12.8. The van der Waals surface area contributed by atoms with Gasteiger partial charge in [0.05, 0.1) is 11.6 Å². The smallest absolute Gasteiger partial charge is 0.119 e. The van der Waals surface area contributed by atoms with Crippen molar-refractivity contribution in [3.8, 4) is 11.8 Å². The Hall–Kier alpha value is -2.27. The van der Waals surface area contributed by atoms with Gasteiger partial charge in [-0.05, 0) is 54.2 Å². The lowest BCUT2D eigenvalue weighted by Crippen LogP contribution is -2.04. The number of hydrogen-bond donors (Lipinski definition) is 0. The van der Waals surface area contributed by atoms with Crippen LogP contribution < -0.4 is 4.74 Å². The fraction of sp³-hybridized carbons (Fsp3) is 0.350. The van der Waals surface area contributed by atoms with Crippen molar-refractivity contribution >= 4 is 0 Å². The third kappa shape index (κ3) is 3.68. The van der Waals surface area contributed by atoms with Crippen LogP contribution in [0.1, 0.15) is 54.7 Å². The van der Waals surface area contributed by atoms with Crippen molar-refractivity contribution in [3.63, 3.8) is 0 Å². The Morgan fingerprint density at radius 1 is 0.909 bits per heavy atom. The Labute approximate surface area is 132 Å². The van der Waals surface area contributed by atoms with Gasteiger partial charge in [0.15, 0.2) is 0 Å². The Kier molecular flexibility index (Phi) is 4.75. The minimum Gasteiger partial charge on any atom is -0.489 e. The maximum atomic E-state index is 8.79. The lowest BCUT2D eigenvalue weighted by atomic mass is 9.84. The molecule has 2 heteroatoms. The quantitative estimate of drug-likeness (QED) is 0.777. The molecular weight excluding hydrogens is 270 g/mol. The molecule has 0 spiro atoms. The molecule has 112 valence electrons. The van der Waals surface area contributed by atoms with E-state index >= 15 is 0 Å². The van der Waals surface area contributed by atoms with Gasteiger partial charge in [-0.1, -0.05) is 43.5 Å². The largest absolute Gasteiger partial charge is 0.489 e. The average Bonchev–Trinajstić information content (AvgIpc) is 2.61. The summed E-state index contributed by atoms with van der Waals surface area (Å²) in [6.45, 7) is 0.536. The van der Waals surface area contributed by atoms with E-state index in [0.717, 1.165) is 17.2 Å². The summed E-state index contributed by atoms with van der Waals surface area (Å²) in [6, 6.07) is 18.2. The zero-order chi connectivity index (χ0) is 15.2. The molecule has 0 radical (unpaired) electrons. The lowest BCUT2D eigenvalue weighted by molar-refractivity contribution is 0.306. The lowest BCUT2D eigenvalue weighted by Gasteiger charge is -2.22. The molecule has 0 saturated heterocycles. The van der Waals surface area contributed by atoms with Gasteiger partial charge >= 0.3 is 0 Å². The fourth-order valence-electron chi connectivity index (χ4n) is 3.11. The number of ether oxygens (including phenoxy) is 1. The van der Waals surface area contributed by atoms with Crippen molar-refractivity contribution in [2.75, 3.05) is 0 Å². The van der Waals surface area contributed by atoms with Crippen LogP contribution in [0.25, 0.3) is 0 Å². The molecule has 1 aliphatic rings. The molecule has 2 aromatic carbocycles. The van der Waals surface area contributed by atoms with E-state index in [1.54, 1.807) is 0 Å². The summed E-state index contributed by atoms with van der Waals surface area (Å²) in [5, 5.41) is 8.79. The Balaban J connectivity index is 1.57. The molecule has 2 aromatic rings. The van der Waals surface area contributed by atoms with Crippen LogP contribution in [-0.2, 0) is 6.61 Å². The normalized spacial score (nSPS) is 15.2. The molecule has 0 heterocycles. The second-order valence-corrected chi connectivity index (χ2v) is 6.00. The third-order valence-corrected chi connectivity index (χ3v) is 4.45. The molecule has 1 fully saturated rings. The van der Waals surface area contributed by atoms with Crippen molar-refractivity contribution in [2.45, 2.75) is 44.6 Å². The maximum absolute atomic E-state index is 8.79. The summed E-state index contributed by atoms with van der Waals surface area (Å²) in [4.78, 5) is 0. The monoisotopic (exact) mass is 291 g/mol. The second-order valence-electron chi connectivity index (χ2n) is 6.00. The van der Waals surface area contributed by atoms with Gasteiger partial charge in [0.25, 0.3) is 0 Å². The number of benzene rings is 2. The highest BCUT2D eigenvalue weighted by molar-refractivity contribution is 5.32. The van der Waals surface area contributed by atoms with Crippen LogP contribution in [-0.4, -0.2) is 0 Å². The summed E-state index contributed by atoms with van der Waals surface area (Å²) in [7, 11) is 0. The molecule has 3 rings (SSSR count). The molecule has 0 unspecified atom stereocenters. The van der Waals surface area contributed by atoms with Crippen LogP contribution in [0.5, 0.6) is 5.75 Å². The van der Waals surface area contributed by atoms with Crippen molar-refractivity contribution in [1.29, 1.82) is 5.26 Å². The van der Waals surface area contributed by atoms with Crippen LogP contribution in [0.15, 0.2) is 48.5 Å². The van der Waals surface area contributed by atoms with E-state index in [-0.39, 0.29) is 0 Å². The van der Waals surface area contributed by atoms with Crippen LogP contribution >= 0.6 is 0 Å². The molecule has 0 aromatic heterocycles.